The van der Waals surface area contributed by atoms with Crippen LogP contribution in [0.4, 0.5) is 0 Å². The summed E-state index contributed by atoms with van der Waals surface area (Å²) in [6.07, 6.45) is 4.47. The molecule has 0 heterocycles. The molecule has 2 unspecified atom stereocenters. The van der Waals surface area contributed by atoms with E-state index in [4.69, 9.17) is 0 Å². The fraction of sp³-hybridized carbons (Fsp3) is 0.333. The van der Waals surface area contributed by atoms with E-state index in [0.717, 1.165) is 23.1 Å². The Bertz CT molecular complexity index is 827. The second-order valence-electron chi connectivity index (χ2n) is 6.59. The second kappa shape index (κ2) is 9.42. The fourth-order valence-corrected chi connectivity index (χ4v) is 4.30. The van der Waals surface area contributed by atoms with Crippen LogP contribution < -0.4 is 10.6 Å². The molecule has 6 heteroatoms. The van der Waals surface area contributed by atoms with Crippen LogP contribution in [0.3, 0.4) is 0 Å². The van der Waals surface area contributed by atoms with E-state index in [1.807, 2.05) is 36.6 Å². The molecule has 142 valence electrons. The molecule has 2 aromatic rings. The molecule has 0 radical (unpaired) electrons. The molecule has 0 aliphatic heterocycles. The first-order chi connectivity index (χ1) is 13.1. The number of nitrogens with one attached hydrogen (secondary N) is 2. The van der Waals surface area contributed by atoms with Crippen LogP contribution in [0.15, 0.2) is 53.0 Å². The van der Waals surface area contributed by atoms with Crippen molar-refractivity contribution in [1.29, 1.82) is 0 Å². The molecule has 0 fully saturated rings. The molecule has 1 aliphatic carbocycles. The minimum absolute atomic E-state index is 0.0193. The molecule has 2 N–H and O–H groups in total. The zero-order valence-corrected chi connectivity index (χ0v) is 17.6. The summed E-state index contributed by atoms with van der Waals surface area (Å²) in [5.41, 5.74) is 3.01. The summed E-state index contributed by atoms with van der Waals surface area (Å²) in [7, 11) is 0. The van der Waals surface area contributed by atoms with Crippen molar-refractivity contribution in [2.24, 2.45) is 0 Å². The average molecular weight is 447 g/mol. The number of aryl methyl sites for hydroxylation is 1. The number of hydrogen-bond donors (Lipinski definition) is 2. The molecular weight excluding hydrogens is 424 g/mol. The number of benzene rings is 2. The lowest BCUT2D eigenvalue weighted by Crippen LogP contribution is -2.47. The number of halogens is 1. The first kappa shape index (κ1) is 20.0. The minimum Gasteiger partial charge on any atom is -0.347 e. The van der Waals surface area contributed by atoms with E-state index < -0.39 is 6.04 Å². The Hall–Kier alpha value is -1.79. The third kappa shape index (κ3) is 4.93. The molecule has 2 aromatic carbocycles. The smallest absolute Gasteiger partial charge is 0.253 e. The predicted molar refractivity (Wildman–Crippen MR) is 114 cm³/mol. The van der Waals surface area contributed by atoms with Gasteiger partial charge in [0, 0.05) is 4.47 Å². The summed E-state index contributed by atoms with van der Waals surface area (Å²) < 4.78 is 0.719. The number of rotatable bonds is 7. The third-order valence-corrected chi connectivity index (χ3v) is 6.14. The lowest BCUT2D eigenvalue weighted by Gasteiger charge is -2.22. The number of carbonyl (C=O) groups excluding carboxylic acids is 2. The Kier molecular flexibility index (Phi) is 6.96. The van der Waals surface area contributed by atoms with Crippen molar-refractivity contribution < 1.29 is 9.59 Å². The summed E-state index contributed by atoms with van der Waals surface area (Å²) in [6.45, 7) is 0. The quantitative estimate of drug-likeness (QED) is 0.672. The van der Waals surface area contributed by atoms with Gasteiger partial charge in [-0.2, -0.15) is 11.8 Å². The van der Waals surface area contributed by atoms with Gasteiger partial charge in [0.25, 0.3) is 5.91 Å². The Morgan fingerprint density at radius 1 is 1.19 bits per heavy atom. The van der Waals surface area contributed by atoms with Crippen molar-refractivity contribution in [3.63, 3.8) is 0 Å². The molecule has 2 amide bonds. The van der Waals surface area contributed by atoms with Crippen LogP contribution in [0.25, 0.3) is 0 Å². The highest BCUT2D eigenvalue weighted by Gasteiger charge is 2.28. The second-order valence-corrected chi connectivity index (χ2v) is 8.43. The van der Waals surface area contributed by atoms with E-state index in [1.54, 1.807) is 17.8 Å². The highest BCUT2D eigenvalue weighted by atomic mass is 79.9. The summed E-state index contributed by atoms with van der Waals surface area (Å²) >= 11 is 5.06. The van der Waals surface area contributed by atoms with E-state index >= 15 is 0 Å². The maximum Gasteiger partial charge on any atom is 0.253 e. The number of fused-ring (bicyclic) bond motifs is 1. The summed E-state index contributed by atoms with van der Waals surface area (Å²) in [5, 5.41) is 6.05. The maximum atomic E-state index is 12.9. The van der Waals surface area contributed by atoms with Crippen molar-refractivity contribution in [3.8, 4) is 0 Å². The predicted octanol–water partition coefficient (Wildman–Crippen LogP) is 4.10. The van der Waals surface area contributed by atoms with Crippen LogP contribution >= 0.6 is 27.7 Å². The van der Waals surface area contributed by atoms with Gasteiger partial charge >= 0.3 is 0 Å². The largest absolute Gasteiger partial charge is 0.347 e. The average Bonchev–Trinajstić information content (AvgIpc) is 3.08. The SMILES string of the molecule is CSCCC(NC(=O)c1ccccc1Br)C(=O)NC1CCc2ccccc21. The topological polar surface area (TPSA) is 58.2 Å². The van der Waals surface area contributed by atoms with E-state index in [9.17, 15) is 9.59 Å². The van der Waals surface area contributed by atoms with Gasteiger partial charge in [0.15, 0.2) is 0 Å². The number of hydrogen-bond acceptors (Lipinski definition) is 3. The van der Waals surface area contributed by atoms with Crippen molar-refractivity contribution in [2.75, 3.05) is 12.0 Å². The Morgan fingerprint density at radius 3 is 2.70 bits per heavy atom. The lowest BCUT2D eigenvalue weighted by atomic mass is 10.1. The van der Waals surface area contributed by atoms with Gasteiger partial charge in [-0.15, -0.1) is 0 Å². The molecule has 1 aliphatic rings. The van der Waals surface area contributed by atoms with Crippen LogP contribution in [-0.4, -0.2) is 29.9 Å². The minimum atomic E-state index is -0.551. The summed E-state index contributed by atoms with van der Waals surface area (Å²) in [6, 6.07) is 14.9. The Morgan fingerprint density at radius 2 is 1.93 bits per heavy atom. The Labute approximate surface area is 172 Å². The normalized spacial score (nSPS) is 16.4. The van der Waals surface area contributed by atoms with Crippen LogP contribution in [0.2, 0.25) is 0 Å². The van der Waals surface area contributed by atoms with Gasteiger partial charge in [0.1, 0.15) is 6.04 Å². The van der Waals surface area contributed by atoms with Crippen molar-refractivity contribution in [3.05, 3.63) is 69.7 Å². The molecule has 2 atom stereocenters. The van der Waals surface area contributed by atoms with Crippen LogP contribution in [-0.2, 0) is 11.2 Å². The number of thioether (sulfide) groups is 1. The summed E-state index contributed by atoms with van der Waals surface area (Å²) in [5.74, 6) is 0.442. The number of carbonyl (C=O) groups is 2. The summed E-state index contributed by atoms with van der Waals surface area (Å²) in [4.78, 5) is 25.6. The molecule has 0 saturated heterocycles. The van der Waals surface area contributed by atoms with Gasteiger partial charge in [0.05, 0.1) is 11.6 Å². The highest BCUT2D eigenvalue weighted by Crippen LogP contribution is 2.30. The van der Waals surface area contributed by atoms with Gasteiger partial charge in [0.2, 0.25) is 5.91 Å². The van der Waals surface area contributed by atoms with Crippen LogP contribution in [0.5, 0.6) is 0 Å². The molecule has 0 spiro atoms. The van der Waals surface area contributed by atoms with Crippen molar-refractivity contribution in [2.45, 2.75) is 31.3 Å². The first-order valence-electron chi connectivity index (χ1n) is 9.02. The molecular formula is C21H23BrN2O2S. The van der Waals surface area contributed by atoms with E-state index in [2.05, 4.69) is 38.7 Å². The standard InChI is InChI=1S/C21H23BrN2O2S/c1-27-13-12-19(24-20(25)16-8-4-5-9-17(16)22)21(26)23-18-11-10-14-6-2-3-7-15(14)18/h2-9,18-19H,10-13H2,1H3,(H,23,26)(H,24,25). The zero-order chi connectivity index (χ0) is 19.2. The third-order valence-electron chi connectivity index (χ3n) is 4.80. The highest BCUT2D eigenvalue weighted by molar-refractivity contribution is 9.10. The van der Waals surface area contributed by atoms with Gasteiger partial charge in [-0.25, -0.2) is 0 Å². The zero-order valence-electron chi connectivity index (χ0n) is 15.2. The molecule has 27 heavy (non-hydrogen) atoms. The van der Waals surface area contributed by atoms with E-state index in [1.165, 1.54) is 11.1 Å². The van der Waals surface area contributed by atoms with Crippen molar-refractivity contribution in [1.82, 2.24) is 10.6 Å². The molecule has 0 bridgehead atoms. The van der Waals surface area contributed by atoms with Crippen LogP contribution in [0, 0.1) is 0 Å². The van der Waals surface area contributed by atoms with Gasteiger partial charge in [-0.3, -0.25) is 9.59 Å². The van der Waals surface area contributed by atoms with Gasteiger partial charge in [-0.1, -0.05) is 36.4 Å². The first-order valence-corrected chi connectivity index (χ1v) is 11.2. The van der Waals surface area contributed by atoms with Gasteiger partial charge < -0.3 is 10.6 Å². The Balaban J connectivity index is 1.70. The molecule has 3 rings (SSSR count). The number of amides is 2. The maximum absolute atomic E-state index is 12.9. The van der Waals surface area contributed by atoms with Crippen LogP contribution in [0.1, 0.15) is 40.4 Å². The molecule has 0 saturated carbocycles. The molecule has 4 nitrogen and oxygen atoms in total. The molecule has 0 aromatic heterocycles. The van der Waals surface area contributed by atoms with Gasteiger partial charge in [-0.05, 0) is 70.5 Å². The van der Waals surface area contributed by atoms with E-state index in [-0.39, 0.29) is 17.9 Å². The van der Waals surface area contributed by atoms with E-state index in [0.29, 0.717) is 12.0 Å². The lowest BCUT2D eigenvalue weighted by molar-refractivity contribution is -0.123. The fourth-order valence-electron chi connectivity index (χ4n) is 3.37. The monoisotopic (exact) mass is 446 g/mol. The van der Waals surface area contributed by atoms with Crippen molar-refractivity contribution >= 4 is 39.5 Å².